The number of ether oxygens (including phenoxy) is 1. The van der Waals surface area contributed by atoms with Crippen LogP contribution in [0.15, 0.2) is 35.7 Å². The number of piperazine rings is 1. The van der Waals surface area contributed by atoms with Crippen molar-refractivity contribution in [2.75, 3.05) is 46.9 Å². The van der Waals surface area contributed by atoms with Crippen LogP contribution in [-0.4, -0.2) is 67.5 Å². The Morgan fingerprint density at radius 1 is 1.26 bits per heavy atom. The normalized spacial score (nSPS) is 15.3. The zero-order chi connectivity index (χ0) is 19.2. The van der Waals surface area contributed by atoms with Crippen LogP contribution in [0, 0.1) is 0 Å². The molecule has 27 heavy (non-hydrogen) atoms. The van der Waals surface area contributed by atoms with Crippen molar-refractivity contribution in [3.05, 3.63) is 51.2 Å². The number of likely N-dealkylation sites (N-methyl/N-ethyl adjacent to an activating group) is 1. The molecule has 0 bridgehead atoms. The van der Waals surface area contributed by atoms with Crippen LogP contribution in [0.5, 0.6) is 5.75 Å². The molecule has 0 aliphatic carbocycles. The Balaban J connectivity index is 1.47. The zero-order valence-electron chi connectivity index (χ0n) is 15.9. The lowest BCUT2D eigenvalue weighted by Crippen LogP contribution is -2.50. The summed E-state index contributed by atoms with van der Waals surface area (Å²) in [5, 5.41) is 2.78. The maximum atomic E-state index is 12.7. The van der Waals surface area contributed by atoms with Gasteiger partial charge in [-0.1, -0.05) is 17.7 Å². The minimum Gasteiger partial charge on any atom is -0.496 e. The summed E-state index contributed by atoms with van der Waals surface area (Å²) in [6.45, 7) is 5.42. The topological polar surface area (TPSA) is 36.0 Å². The fourth-order valence-electron chi connectivity index (χ4n) is 3.33. The second-order valence-corrected chi connectivity index (χ2v) is 8.33. The predicted molar refractivity (Wildman–Crippen MR) is 111 cm³/mol. The number of rotatable bonds is 7. The highest BCUT2D eigenvalue weighted by Crippen LogP contribution is 2.23. The average molecular weight is 408 g/mol. The van der Waals surface area contributed by atoms with Gasteiger partial charge in [-0.05, 0) is 36.7 Å². The van der Waals surface area contributed by atoms with Gasteiger partial charge in [0.15, 0.2) is 0 Å². The van der Waals surface area contributed by atoms with E-state index in [9.17, 15) is 4.79 Å². The Bertz CT molecular complexity index is 746. The van der Waals surface area contributed by atoms with E-state index < -0.39 is 0 Å². The van der Waals surface area contributed by atoms with E-state index in [4.69, 9.17) is 16.3 Å². The van der Waals surface area contributed by atoms with Crippen molar-refractivity contribution in [2.24, 2.45) is 0 Å². The lowest BCUT2D eigenvalue weighted by molar-refractivity contribution is -0.134. The lowest BCUT2D eigenvalue weighted by atomic mass is 10.2. The molecule has 0 atom stereocenters. The fraction of sp³-hybridized carbons (Fsp3) is 0.450. The molecular formula is C20H26ClN3O2S. The molecule has 1 amide bonds. The Morgan fingerprint density at radius 3 is 2.70 bits per heavy atom. The number of methoxy groups -OCH3 is 1. The summed E-state index contributed by atoms with van der Waals surface area (Å²) in [5.74, 6) is 0.968. The molecule has 0 saturated carbocycles. The third-order valence-corrected chi connectivity index (χ3v) is 5.87. The first-order valence-corrected chi connectivity index (χ1v) is 10.3. The Hall–Kier alpha value is -1.60. The van der Waals surface area contributed by atoms with Crippen molar-refractivity contribution in [3.8, 4) is 5.75 Å². The molecule has 0 radical (unpaired) electrons. The van der Waals surface area contributed by atoms with Crippen LogP contribution in [0.2, 0.25) is 5.02 Å². The highest BCUT2D eigenvalue weighted by Gasteiger charge is 2.22. The van der Waals surface area contributed by atoms with Crippen LogP contribution in [0.1, 0.15) is 10.4 Å². The third kappa shape index (κ3) is 5.69. The number of carbonyl (C=O) groups is 1. The Morgan fingerprint density at radius 2 is 2.04 bits per heavy atom. The second kappa shape index (κ2) is 9.55. The molecule has 0 N–H and O–H groups in total. The van der Waals surface area contributed by atoms with Crippen molar-refractivity contribution in [2.45, 2.75) is 13.1 Å². The molecular weight excluding hydrogens is 382 g/mol. The van der Waals surface area contributed by atoms with Gasteiger partial charge in [0.05, 0.1) is 13.7 Å². The Labute approximate surface area is 170 Å². The quantitative estimate of drug-likeness (QED) is 0.706. The van der Waals surface area contributed by atoms with Crippen LogP contribution < -0.4 is 4.74 Å². The SMILES string of the molecule is COc1ccc(Cl)cc1CN(C)CC(=O)N1CCN(Cc2cccs2)CC1. The predicted octanol–water partition coefficient (Wildman–Crippen LogP) is 3.19. The van der Waals surface area contributed by atoms with E-state index in [1.807, 2.05) is 35.0 Å². The molecule has 1 saturated heterocycles. The van der Waals surface area contributed by atoms with Gasteiger partial charge in [-0.2, -0.15) is 0 Å². The molecule has 0 unspecified atom stereocenters. The maximum absolute atomic E-state index is 12.7. The molecule has 1 aliphatic rings. The molecule has 7 heteroatoms. The number of carbonyl (C=O) groups excluding carboxylic acids is 1. The van der Waals surface area contributed by atoms with Crippen molar-refractivity contribution in [1.29, 1.82) is 0 Å². The van der Waals surface area contributed by atoms with Crippen LogP contribution in [0.25, 0.3) is 0 Å². The number of halogens is 1. The molecule has 1 aromatic carbocycles. The smallest absolute Gasteiger partial charge is 0.236 e. The van der Waals surface area contributed by atoms with Gasteiger partial charge in [-0.25, -0.2) is 0 Å². The van der Waals surface area contributed by atoms with Crippen LogP contribution in [0.4, 0.5) is 0 Å². The summed E-state index contributed by atoms with van der Waals surface area (Å²) in [5.41, 5.74) is 0.987. The summed E-state index contributed by atoms with van der Waals surface area (Å²) in [6, 6.07) is 9.82. The van der Waals surface area contributed by atoms with E-state index in [2.05, 4.69) is 22.4 Å². The van der Waals surface area contributed by atoms with E-state index in [0.29, 0.717) is 18.1 Å². The summed E-state index contributed by atoms with van der Waals surface area (Å²) in [6.07, 6.45) is 0. The van der Waals surface area contributed by atoms with Gasteiger partial charge in [0.2, 0.25) is 5.91 Å². The zero-order valence-corrected chi connectivity index (χ0v) is 17.4. The lowest BCUT2D eigenvalue weighted by Gasteiger charge is -2.35. The monoisotopic (exact) mass is 407 g/mol. The van der Waals surface area contributed by atoms with E-state index in [1.165, 1.54) is 4.88 Å². The molecule has 1 aliphatic heterocycles. The van der Waals surface area contributed by atoms with Crippen molar-refractivity contribution < 1.29 is 9.53 Å². The number of nitrogens with zero attached hydrogens (tertiary/aromatic N) is 3. The fourth-order valence-corrected chi connectivity index (χ4v) is 4.27. The number of amides is 1. The van der Waals surface area contributed by atoms with Gasteiger partial charge in [0, 0.05) is 54.7 Å². The van der Waals surface area contributed by atoms with Crippen molar-refractivity contribution in [1.82, 2.24) is 14.7 Å². The molecule has 2 aromatic rings. The number of hydrogen-bond donors (Lipinski definition) is 0. The summed E-state index contributed by atoms with van der Waals surface area (Å²) >= 11 is 7.88. The highest BCUT2D eigenvalue weighted by atomic mass is 35.5. The van der Waals surface area contributed by atoms with E-state index in [1.54, 1.807) is 18.4 Å². The van der Waals surface area contributed by atoms with E-state index >= 15 is 0 Å². The summed E-state index contributed by atoms with van der Waals surface area (Å²) in [7, 11) is 3.60. The molecule has 146 valence electrons. The standard InChI is InChI=1S/C20H26ClN3O2S/c1-22(13-16-12-17(21)5-6-19(16)26-2)15-20(25)24-9-7-23(8-10-24)14-18-4-3-11-27-18/h3-6,11-12H,7-10,13-15H2,1-2H3. The molecule has 1 fully saturated rings. The van der Waals surface area contributed by atoms with Crippen LogP contribution in [0.3, 0.4) is 0 Å². The van der Waals surface area contributed by atoms with E-state index in [-0.39, 0.29) is 5.91 Å². The maximum Gasteiger partial charge on any atom is 0.236 e. The molecule has 0 spiro atoms. The molecule has 3 rings (SSSR count). The van der Waals surface area contributed by atoms with Gasteiger partial charge in [-0.3, -0.25) is 14.6 Å². The van der Waals surface area contributed by atoms with Gasteiger partial charge in [-0.15, -0.1) is 11.3 Å². The van der Waals surface area contributed by atoms with Gasteiger partial charge in [0.1, 0.15) is 5.75 Å². The van der Waals surface area contributed by atoms with Crippen LogP contribution in [-0.2, 0) is 17.9 Å². The highest BCUT2D eigenvalue weighted by molar-refractivity contribution is 7.09. The number of benzene rings is 1. The number of hydrogen-bond acceptors (Lipinski definition) is 5. The molecule has 5 nitrogen and oxygen atoms in total. The Kier molecular flexibility index (Phi) is 7.13. The molecule has 2 heterocycles. The minimum atomic E-state index is 0.175. The van der Waals surface area contributed by atoms with Gasteiger partial charge >= 0.3 is 0 Å². The summed E-state index contributed by atoms with van der Waals surface area (Å²) < 4.78 is 5.39. The third-order valence-electron chi connectivity index (χ3n) is 4.77. The van der Waals surface area contributed by atoms with Gasteiger partial charge in [0.25, 0.3) is 0 Å². The summed E-state index contributed by atoms with van der Waals surface area (Å²) in [4.78, 5) is 20.4. The largest absolute Gasteiger partial charge is 0.496 e. The number of thiophene rings is 1. The first-order valence-electron chi connectivity index (χ1n) is 9.08. The van der Waals surface area contributed by atoms with E-state index in [0.717, 1.165) is 44.0 Å². The van der Waals surface area contributed by atoms with Crippen LogP contribution >= 0.6 is 22.9 Å². The first kappa shape index (κ1) is 20.1. The van der Waals surface area contributed by atoms with Gasteiger partial charge < -0.3 is 9.64 Å². The second-order valence-electron chi connectivity index (χ2n) is 6.86. The minimum absolute atomic E-state index is 0.175. The first-order chi connectivity index (χ1) is 13.0. The van der Waals surface area contributed by atoms with Crippen molar-refractivity contribution in [3.63, 3.8) is 0 Å². The van der Waals surface area contributed by atoms with Crippen molar-refractivity contribution >= 4 is 28.8 Å². The molecule has 1 aromatic heterocycles. The average Bonchev–Trinajstić information content (AvgIpc) is 3.15.